The highest BCUT2D eigenvalue weighted by Crippen LogP contribution is 2.33. The van der Waals surface area contributed by atoms with Crippen molar-refractivity contribution in [3.8, 4) is 0 Å². The molecule has 1 fully saturated rings. The molecule has 37 heavy (non-hydrogen) atoms. The lowest BCUT2D eigenvalue weighted by Crippen LogP contribution is -2.32. The molecule has 1 aromatic carbocycles. The number of nitrogens with one attached hydrogen (secondary N) is 1. The minimum atomic E-state index is -1.11. The number of nitrogens with zero attached hydrogens (tertiary/aromatic N) is 4. The van der Waals surface area contributed by atoms with E-state index in [9.17, 15) is 13.6 Å². The van der Waals surface area contributed by atoms with Gasteiger partial charge >= 0.3 is 0 Å². The van der Waals surface area contributed by atoms with E-state index in [1.54, 1.807) is 6.20 Å². The van der Waals surface area contributed by atoms with Gasteiger partial charge in [-0.1, -0.05) is 20.4 Å². The number of carbonyl (C=O) groups is 1. The lowest BCUT2D eigenvalue weighted by Gasteiger charge is -2.28. The average Bonchev–Trinajstić information content (AvgIpc) is 2.89. The van der Waals surface area contributed by atoms with Gasteiger partial charge in [0.1, 0.15) is 0 Å². The normalized spacial score (nSPS) is 17.9. The molecule has 1 amide bonds. The zero-order valence-electron chi connectivity index (χ0n) is 22.1. The Morgan fingerprint density at radius 3 is 2.51 bits per heavy atom. The van der Waals surface area contributed by atoms with E-state index >= 15 is 0 Å². The summed E-state index contributed by atoms with van der Waals surface area (Å²) in [7, 11) is 2.29. The van der Waals surface area contributed by atoms with Gasteiger partial charge in [0.05, 0.1) is 17.0 Å². The summed E-state index contributed by atoms with van der Waals surface area (Å²) in [4.78, 5) is 28.6. The largest absolute Gasteiger partial charge is 0.352 e. The minimum absolute atomic E-state index is 0.264. The van der Waals surface area contributed by atoms with E-state index in [0.29, 0.717) is 11.8 Å². The van der Waals surface area contributed by atoms with Crippen LogP contribution in [0.1, 0.15) is 75.3 Å². The maximum Gasteiger partial charge on any atom is 0.254 e. The Morgan fingerprint density at radius 1 is 1.19 bits per heavy atom. The molecule has 1 aliphatic carbocycles. The van der Waals surface area contributed by atoms with Crippen LogP contribution in [0.3, 0.4) is 0 Å². The van der Waals surface area contributed by atoms with Gasteiger partial charge in [0.2, 0.25) is 5.95 Å². The third-order valence-electron chi connectivity index (χ3n) is 6.76. The summed E-state index contributed by atoms with van der Waals surface area (Å²) >= 11 is 0. The van der Waals surface area contributed by atoms with Crippen molar-refractivity contribution in [2.45, 2.75) is 59.3 Å². The predicted octanol–water partition coefficient (Wildman–Crippen LogP) is 5.44. The molecular formula is C28H38F2N5OP. The van der Waals surface area contributed by atoms with Crippen molar-refractivity contribution in [1.82, 2.24) is 15.3 Å². The standard InChI is InChI=1S/C28H38F2N5OP/c1-5-13-35(14-6-2)28-31-12-11-25(34-28)19(4)33-18(3)21-9-7-20(8-10-21)17-32-27(36)23-15-22(37)16-24(29)26(23)30/h11-12,15-16,20-21H,3,5-10,13-14,17,37H2,1-2,4H3,(H,32,36). The van der Waals surface area contributed by atoms with Gasteiger partial charge in [-0.3, -0.25) is 9.79 Å². The number of benzene rings is 1. The Balaban J connectivity index is 1.54. The Hall–Kier alpha value is -2.73. The van der Waals surface area contributed by atoms with Crippen LogP contribution in [0.15, 0.2) is 41.7 Å². The number of aromatic nitrogens is 2. The van der Waals surface area contributed by atoms with Crippen LogP contribution in [-0.2, 0) is 0 Å². The molecule has 0 saturated heterocycles. The molecule has 1 aliphatic rings. The summed E-state index contributed by atoms with van der Waals surface area (Å²) < 4.78 is 27.7. The molecule has 3 rings (SSSR count). The van der Waals surface area contributed by atoms with E-state index in [0.717, 1.165) is 80.7 Å². The van der Waals surface area contributed by atoms with Crippen LogP contribution in [-0.4, -0.2) is 41.2 Å². The number of hydrogen-bond acceptors (Lipinski definition) is 5. The average molecular weight is 530 g/mol. The second kappa shape index (κ2) is 13.7. The lowest BCUT2D eigenvalue weighted by atomic mass is 9.80. The molecule has 6 nitrogen and oxygen atoms in total. The molecule has 9 heteroatoms. The van der Waals surface area contributed by atoms with Crippen LogP contribution in [0.5, 0.6) is 0 Å². The monoisotopic (exact) mass is 529 g/mol. The van der Waals surface area contributed by atoms with E-state index in [2.05, 4.69) is 44.9 Å². The smallest absolute Gasteiger partial charge is 0.254 e. The first kappa shape index (κ1) is 28.8. The van der Waals surface area contributed by atoms with Gasteiger partial charge in [-0.05, 0) is 74.9 Å². The third-order valence-corrected chi connectivity index (χ3v) is 7.09. The summed E-state index contributed by atoms with van der Waals surface area (Å²) in [5, 5.41) is 3.20. The number of hydrogen-bond donors (Lipinski definition) is 1. The number of carbonyl (C=O) groups excluding carboxylic acids is 1. The number of rotatable bonds is 11. The lowest BCUT2D eigenvalue weighted by molar-refractivity contribution is 0.0937. The number of aliphatic imine (C=N–C) groups is 1. The molecule has 0 aliphatic heterocycles. The van der Waals surface area contributed by atoms with Crippen molar-refractivity contribution in [3.05, 3.63) is 59.6 Å². The van der Waals surface area contributed by atoms with Crippen molar-refractivity contribution in [3.63, 3.8) is 0 Å². The molecule has 200 valence electrons. The molecule has 1 N–H and O–H groups in total. The number of halogens is 2. The van der Waals surface area contributed by atoms with E-state index in [-0.39, 0.29) is 17.4 Å². The van der Waals surface area contributed by atoms with Crippen LogP contribution >= 0.6 is 9.24 Å². The summed E-state index contributed by atoms with van der Waals surface area (Å²) in [6, 6.07) is 4.27. The second-order valence-electron chi connectivity index (χ2n) is 9.71. The number of allylic oxidation sites excluding steroid dienone is 1. The van der Waals surface area contributed by atoms with Gasteiger partial charge < -0.3 is 10.2 Å². The summed E-state index contributed by atoms with van der Waals surface area (Å²) in [5.41, 5.74) is 2.20. The van der Waals surface area contributed by atoms with Crippen molar-refractivity contribution in [2.75, 3.05) is 24.5 Å². The minimum Gasteiger partial charge on any atom is -0.352 e. The maximum atomic E-state index is 14.0. The van der Waals surface area contributed by atoms with Crippen LogP contribution in [0, 0.1) is 23.5 Å². The summed E-state index contributed by atoms with van der Waals surface area (Å²) in [6.07, 6.45) is 7.48. The quantitative estimate of drug-likeness (QED) is 0.311. The van der Waals surface area contributed by atoms with Crippen molar-refractivity contribution >= 4 is 32.1 Å². The molecule has 0 radical (unpaired) electrons. The predicted molar refractivity (Wildman–Crippen MR) is 150 cm³/mol. The van der Waals surface area contributed by atoms with Gasteiger partial charge in [-0.2, -0.15) is 0 Å². The van der Waals surface area contributed by atoms with Crippen LogP contribution in [0.4, 0.5) is 14.7 Å². The van der Waals surface area contributed by atoms with Crippen LogP contribution in [0.25, 0.3) is 0 Å². The van der Waals surface area contributed by atoms with Gasteiger partial charge in [-0.25, -0.2) is 18.7 Å². The molecule has 1 atom stereocenters. The van der Waals surface area contributed by atoms with Crippen LogP contribution in [0.2, 0.25) is 0 Å². The Morgan fingerprint density at radius 2 is 1.86 bits per heavy atom. The molecule has 2 aromatic rings. The zero-order chi connectivity index (χ0) is 26.9. The van der Waals surface area contributed by atoms with Crippen LogP contribution < -0.4 is 15.5 Å². The Kier molecular flexibility index (Phi) is 10.7. The van der Waals surface area contributed by atoms with Crippen molar-refractivity contribution in [2.24, 2.45) is 16.8 Å². The van der Waals surface area contributed by atoms with E-state index in [1.165, 1.54) is 6.07 Å². The summed E-state index contributed by atoms with van der Waals surface area (Å²) in [6.45, 7) is 12.7. The first-order valence-electron chi connectivity index (χ1n) is 13.1. The molecule has 1 unspecified atom stereocenters. The van der Waals surface area contributed by atoms with Gasteiger partial charge in [-0.15, -0.1) is 9.24 Å². The second-order valence-corrected chi connectivity index (χ2v) is 10.4. The third kappa shape index (κ3) is 7.88. The van der Waals surface area contributed by atoms with E-state index < -0.39 is 17.5 Å². The fourth-order valence-corrected chi connectivity index (χ4v) is 5.04. The molecule has 0 spiro atoms. The fraction of sp³-hybridized carbons (Fsp3) is 0.500. The Labute approximate surface area is 221 Å². The highest BCUT2D eigenvalue weighted by molar-refractivity contribution is 7.27. The fourth-order valence-electron chi connectivity index (χ4n) is 4.73. The van der Waals surface area contributed by atoms with E-state index in [4.69, 9.17) is 9.98 Å². The maximum absolute atomic E-state index is 14.0. The van der Waals surface area contributed by atoms with Gasteiger partial charge in [0, 0.05) is 37.4 Å². The van der Waals surface area contributed by atoms with Crippen molar-refractivity contribution < 1.29 is 13.6 Å². The number of amides is 1. The first-order valence-corrected chi connectivity index (χ1v) is 13.7. The Bertz CT molecular complexity index is 1130. The SMILES string of the molecule is C=C(N=C(C)c1ccnc(N(CCC)CCC)n1)C1CCC(CNC(=O)c2cc(P)cc(F)c2F)CC1. The van der Waals surface area contributed by atoms with E-state index in [1.807, 2.05) is 13.0 Å². The molecule has 0 bridgehead atoms. The van der Waals surface area contributed by atoms with Crippen molar-refractivity contribution in [1.29, 1.82) is 0 Å². The van der Waals surface area contributed by atoms with Gasteiger partial charge in [0.15, 0.2) is 11.6 Å². The molecule has 1 saturated carbocycles. The molecule has 1 aromatic heterocycles. The molecular weight excluding hydrogens is 491 g/mol. The zero-order valence-corrected chi connectivity index (χ0v) is 23.2. The van der Waals surface area contributed by atoms with Gasteiger partial charge in [0.25, 0.3) is 5.91 Å². The highest BCUT2D eigenvalue weighted by Gasteiger charge is 2.25. The topological polar surface area (TPSA) is 70.5 Å². The molecule has 1 heterocycles. The first-order chi connectivity index (χ1) is 17.7. The summed E-state index contributed by atoms with van der Waals surface area (Å²) in [5.74, 6) is -1.46. The number of anilines is 1. The highest BCUT2D eigenvalue weighted by atomic mass is 31.0.